The lowest BCUT2D eigenvalue weighted by atomic mass is 9.96. The zero-order valence-electron chi connectivity index (χ0n) is 12.2. The number of hydrogen-bond donors (Lipinski definition) is 2. The van der Waals surface area contributed by atoms with Crippen LogP contribution in [0, 0.1) is 0 Å². The van der Waals surface area contributed by atoms with Gasteiger partial charge in [0.2, 0.25) is 10.0 Å². The van der Waals surface area contributed by atoms with Crippen LogP contribution in [0.3, 0.4) is 0 Å². The molecule has 0 aliphatic heterocycles. The molecular weight excluding hydrogens is 318 g/mol. The molecule has 0 atom stereocenters. The highest BCUT2D eigenvalue weighted by atomic mass is 32.2. The molecule has 2 aromatic rings. The van der Waals surface area contributed by atoms with Crippen molar-refractivity contribution in [3.8, 4) is 11.3 Å². The molecular formula is C15H19N3O2S2. The second kappa shape index (κ2) is 6.36. The summed E-state index contributed by atoms with van der Waals surface area (Å²) in [4.78, 5) is 4.71. The smallest absolute Gasteiger partial charge is 0.238 e. The maximum Gasteiger partial charge on any atom is 0.238 e. The molecule has 22 heavy (non-hydrogen) atoms. The molecule has 0 bridgehead atoms. The van der Waals surface area contributed by atoms with Crippen molar-refractivity contribution in [2.45, 2.75) is 43.0 Å². The van der Waals surface area contributed by atoms with Gasteiger partial charge in [0, 0.05) is 17.0 Å². The number of nitrogens with two attached hydrogens (primary N) is 1. The number of rotatable bonds is 4. The van der Waals surface area contributed by atoms with Gasteiger partial charge in [0.25, 0.3) is 0 Å². The average Bonchev–Trinajstić information content (AvgIpc) is 2.96. The van der Waals surface area contributed by atoms with Crippen LogP contribution in [0.1, 0.15) is 32.1 Å². The minimum atomic E-state index is -3.65. The first-order valence-electron chi connectivity index (χ1n) is 7.38. The molecule has 118 valence electrons. The second-order valence-electron chi connectivity index (χ2n) is 5.59. The van der Waals surface area contributed by atoms with Crippen molar-refractivity contribution in [1.82, 2.24) is 4.98 Å². The molecule has 5 nitrogen and oxygen atoms in total. The molecule has 0 amide bonds. The van der Waals surface area contributed by atoms with Crippen LogP contribution in [-0.4, -0.2) is 19.4 Å². The van der Waals surface area contributed by atoms with Gasteiger partial charge in [0.15, 0.2) is 5.13 Å². The van der Waals surface area contributed by atoms with E-state index in [0.29, 0.717) is 6.04 Å². The van der Waals surface area contributed by atoms with E-state index in [1.54, 1.807) is 23.5 Å². The Bertz CT molecular complexity index is 732. The summed E-state index contributed by atoms with van der Waals surface area (Å²) in [5.41, 5.74) is 1.74. The normalized spacial score (nSPS) is 16.6. The van der Waals surface area contributed by atoms with Crippen molar-refractivity contribution in [1.29, 1.82) is 0 Å². The Hall–Kier alpha value is -1.44. The van der Waals surface area contributed by atoms with E-state index in [9.17, 15) is 8.42 Å². The van der Waals surface area contributed by atoms with Crippen LogP contribution in [0.25, 0.3) is 11.3 Å². The lowest BCUT2D eigenvalue weighted by Crippen LogP contribution is -2.21. The third-order valence-corrected chi connectivity index (χ3v) is 5.62. The number of aromatic nitrogens is 1. The third kappa shape index (κ3) is 3.66. The Kier molecular flexibility index (Phi) is 4.46. The Balaban J connectivity index is 1.73. The van der Waals surface area contributed by atoms with Gasteiger partial charge in [-0.05, 0) is 25.0 Å². The van der Waals surface area contributed by atoms with Crippen LogP contribution >= 0.6 is 11.3 Å². The monoisotopic (exact) mass is 337 g/mol. The van der Waals surface area contributed by atoms with Crippen molar-refractivity contribution in [3.63, 3.8) is 0 Å². The molecule has 1 saturated carbocycles. The van der Waals surface area contributed by atoms with Gasteiger partial charge in [-0.3, -0.25) is 0 Å². The van der Waals surface area contributed by atoms with Gasteiger partial charge in [0.05, 0.1) is 10.6 Å². The van der Waals surface area contributed by atoms with Crippen molar-refractivity contribution in [2.75, 3.05) is 5.32 Å². The number of thiazole rings is 1. The largest absolute Gasteiger partial charge is 0.359 e. The standard InChI is InChI=1S/C15H19N3O2S2/c16-22(19,20)13-8-6-11(7-9-13)14-10-21-15(18-14)17-12-4-2-1-3-5-12/h6-10,12H,1-5H2,(H,17,18)(H2,16,19,20). The van der Waals surface area contributed by atoms with Crippen molar-refractivity contribution >= 4 is 26.5 Å². The van der Waals surface area contributed by atoms with E-state index in [1.165, 1.54) is 44.2 Å². The Morgan fingerprint density at radius 2 is 1.82 bits per heavy atom. The zero-order valence-corrected chi connectivity index (χ0v) is 13.8. The van der Waals surface area contributed by atoms with Crippen LogP contribution < -0.4 is 10.5 Å². The topological polar surface area (TPSA) is 85.1 Å². The highest BCUT2D eigenvalue weighted by Crippen LogP contribution is 2.28. The number of anilines is 1. The van der Waals surface area contributed by atoms with E-state index in [-0.39, 0.29) is 4.90 Å². The number of benzene rings is 1. The number of hydrogen-bond acceptors (Lipinski definition) is 5. The number of nitrogens with zero attached hydrogens (tertiary/aromatic N) is 1. The predicted molar refractivity (Wildman–Crippen MR) is 89.4 cm³/mol. The summed E-state index contributed by atoms with van der Waals surface area (Å²) in [6.45, 7) is 0. The first kappa shape index (κ1) is 15.5. The van der Waals surface area contributed by atoms with Gasteiger partial charge in [-0.1, -0.05) is 31.4 Å². The highest BCUT2D eigenvalue weighted by Gasteiger charge is 2.15. The molecule has 0 radical (unpaired) electrons. The van der Waals surface area contributed by atoms with Crippen LogP contribution in [-0.2, 0) is 10.0 Å². The molecule has 7 heteroatoms. The van der Waals surface area contributed by atoms with Gasteiger partial charge in [-0.25, -0.2) is 18.5 Å². The molecule has 1 fully saturated rings. The molecule has 0 saturated heterocycles. The number of primary sulfonamides is 1. The molecule has 1 heterocycles. The number of nitrogens with one attached hydrogen (secondary N) is 1. The van der Waals surface area contributed by atoms with Gasteiger partial charge in [-0.15, -0.1) is 11.3 Å². The summed E-state index contributed by atoms with van der Waals surface area (Å²) in [7, 11) is -3.65. The van der Waals surface area contributed by atoms with Gasteiger partial charge >= 0.3 is 0 Å². The SMILES string of the molecule is NS(=O)(=O)c1ccc(-c2csc(NC3CCCCC3)n2)cc1. The molecule has 1 aromatic heterocycles. The Labute approximate surface area is 134 Å². The molecule has 0 unspecified atom stereocenters. The van der Waals surface area contributed by atoms with Gasteiger partial charge < -0.3 is 5.32 Å². The van der Waals surface area contributed by atoms with E-state index in [1.807, 2.05) is 5.38 Å². The minimum absolute atomic E-state index is 0.118. The average molecular weight is 337 g/mol. The van der Waals surface area contributed by atoms with E-state index < -0.39 is 10.0 Å². The molecule has 1 aromatic carbocycles. The summed E-state index contributed by atoms with van der Waals surface area (Å²) in [5.74, 6) is 0. The van der Waals surface area contributed by atoms with E-state index in [4.69, 9.17) is 5.14 Å². The van der Waals surface area contributed by atoms with E-state index in [2.05, 4.69) is 10.3 Å². The summed E-state index contributed by atoms with van der Waals surface area (Å²) in [6, 6.07) is 7.02. The molecule has 1 aliphatic carbocycles. The van der Waals surface area contributed by atoms with Crippen LogP contribution in [0.4, 0.5) is 5.13 Å². The molecule has 3 rings (SSSR count). The Morgan fingerprint density at radius 1 is 1.14 bits per heavy atom. The quantitative estimate of drug-likeness (QED) is 0.897. The first-order valence-corrected chi connectivity index (χ1v) is 9.80. The van der Waals surface area contributed by atoms with Gasteiger partial charge in [-0.2, -0.15) is 0 Å². The fourth-order valence-electron chi connectivity index (χ4n) is 2.71. The maximum atomic E-state index is 11.3. The fourth-order valence-corrected chi connectivity index (χ4v) is 4.02. The molecule has 3 N–H and O–H groups in total. The summed E-state index contributed by atoms with van der Waals surface area (Å²) < 4.78 is 22.5. The second-order valence-corrected chi connectivity index (χ2v) is 8.01. The zero-order chi connectivity index (χ0) is 15.6. The molecule has 0 spiro atoms. The first-order chi connectivity index (χ1) is 10.5. The van der Waals surface area contributed by atoms with Crippen molar-refractivity contribution < 1.29 is 8.42 Å². The number of sulfonamides is 1. The van der Waals surface area contributed by atoms with Gasteiger partial charge in [0.1, 0.15) is 0 Å². The van der Waals surface area contributed by atoms with Crippen LogP contribution in [0.15, 0.2) is 34.5 Å². The summed E-state index contributed by atoms with van der Waals surface area (Å²) >= 11 is 1.58. The fraction of sp³-hybridized carbons (Fsp3) is 0.400. The predicted octanol–water partition coefficient (Wildman–Crippen LogP) is 3.20. The molecule has 1 aliphatic rings. The lowest BCUT2D eigenvalue weighted by Gasteiger charge is -2.22. The van der Waals surface area contributed by atoms with E-state index >= 15 is 0 Å². The highest BCUT2D eigenvalue weighted by molar-refractivity contribution is 7.89. The lowest BCUT2D eigenvalue weighted by molar-refractivity contribution is 0.462. The third-order valence-electron chi connectivity index (χ3n) is 3.92. The minimum Gasteiger partial charge on any atom is -0.359 e. The van der Waals surface area contributed by atoms with E-state index in [0.717, 1.165) is 16.4 Å². The van der Waals surface area contributed by atoms with Crippen molar-refractivity contribution in [2.24, 2.45) is 5.14 Å². The van der Waals surface area contributed by atoms with Crippen LogP contribution in [0.2, 0.25) is 0 Å². The maximum absolute atomic E-state index is 11.3. The summed E-state index contributed by atoms with van der Waals surface area (Å²) in [5, 5.41) is 11.5. The van der Waals surface area contributed by atoms with Crippen molar-refractivity contribution in [3.05, 3.63) is 29.6 Å². The Morgan fingerprint density at radius 3 is 2.45 bits per heavy atom. The van der Waals surface area contributed by atoms with Crippen LogP contribution in [0.5, 0.6) is 0 Å². The summed E-state index contributed by atoms with van der Waals surface area (Å²) in [6.07, 6.45) is 6.31.